The Morgan fingerprint density at radius 3 is 2.59 bits per heavy atom. The van der Waals surface area contributed by atoms with Crippen LogP contribution in [0.2, 0.25) is 0 Å². The summed E-state index contributed by atoms with van der Waals surface area (Å²) in [6.07, 6.45) is -0.969. The minimum atomic E-state index is -4.36. The van der Waals surface area contributed by atoms with E-state index in [1.165, 1.54) is 23.9 Å². The number of alkyl halides is 3. The van der Waals surface area contributed by atoms with Crippen LogP contribution < -0.4 is 4.90 Å². The topological polar surface area (TPSA) is 15.8 Å². The lowest BCUT2D eigenvalue weighted by Crippen LogP contribution is -2.29. The Labute approximate surface area is 130 Å². The highest BCUT2D eigenvalue weighted by atomic mass is 32.2. The molecule has 2 heterocycles. The third kappa shape index (κ3) is 2.80. The fourth-order valence-corrected chi connectivity index (χ4v) is 3.38. The first-order valence-corrected chi connectivity index (χ1v) is 7.53. The van der Waals surface area contributed by atoms with Gasteiger partial charge >= 0.3 is 6.18 Å². The van der Waals surface area contributed by atoms with E-state index in [4.69, 9.17) is 4.74 Å². The van der Waals surface area contributed by atoms with Crippen LogP contribution in [0, 0.1) is 0 Å². The third-order valence-corrected chi connectivity index (χ3v) is 4.67. The molecule has 0 aliphatic carbocycles. The molecule has 1 aromatic carbocycles. The monoisotopic (exact) mass is 325 g/mol. The second-order valence-corrected chi connectivity index (χ2v) is 6.09. The van der Waals surface area contributed by atoms with Gasteiger partial charge in [-0.15, -0.1) is 0 Å². The zero-order valence-corrected chi connectivity index (χ0v) is 12.5. The van der Waals surface area contributed by atoms with E-state index in [9.17, 15) is 13.2 Å². The number of epoxide rings is 1. The van der Waals surface area contributed by atoms with Gasteiger partial charge in [-0.2, -0.15) is 13.2 Å². The van der Waals surface area contributed by atoms with Gasteiger partial charge in [0, 0.05) is 9.80 Å². The molecule has 1 aromatic rings. The van der Waals surface area contributed by atoms with Crippen molar-refractivity contribution in [1.29, 1.82) is 0 Å². The van der Waals surface area contributed by atoms with Gasteiger partial charge in [0.05, 0.1) is 36.2 Å². The van der Waals surface area contributed by atoms with Crippen LogP contribution in [0.3, 0.4) is 0 Å². The van der Waals surface area contributed by atoms with Crippen LogP contribution in [0.15, 0.2) is 59.0 Å². The van der Waals surface area contributed by atoms with Crippen molar-refractivity contribution < 1.29 is 17.9 Å². The lowest BCUT2D eigenvalue weighted by Gasteiger charge is -2.33. The smallest absolute Gasteiger partial charge is 0.371 e. The molecule has 0 aromatic heterocycles. The van der Waals surface area contributed by atoms with E-state index in [2.05, 4.69) is 13.2 Å². The number of nitrogens with zero attached hydrogens (tertiary/aromatic N) is 1. The molecule has 116 valence electrons. The fraction of sp³-hybridized carbons (Fsp3) is 0.250. The maximum Gasteiger partial charge on any atom is 0.416 e. The van der Waals surface area contributed by atoms with Gasteiger partial charge in [-0.3, -0.25) is 0 Å². The number of benzene rings is 1. The van der Waals surface area contributed by atoms with Crippen LogP contribution in [-0.2, 0) is 10.9 Å². The molecule has 3 rings (SSSR count). The molecular formula is C16H14F3NOS. The number of hydrogen-bond donors (Lipinski definition) is 0. The second-order valence-electron chi connectivity index (χ2n) is 5.01. The summed E-state index contributed by atoms with van der Waals surface area (Å²) in [5, 5.41) is 0. The molecule has 0 radical (unpaired) electrons. The van der Waals surface area contributed by atoms with Gasteiger partial charge in [-0.1, -0.05) is 31.0 Å². The molecule has 1 saturated heterocycles. The van der Waals surface area contributed by atoms with Crippen molar-refractivity contribution >= 4 is 17.4 Å². The number of anilines is 1. The number of allylic oxidation sites excluding steroid dienone is 2. The Hall–Kier alpha value is -1.66. The summed E-state index contributed by atoms with van der Waals surface area (Å²) in [6, 6.07) is 3.80. The van der Waals surface area contributed by atoms with Crippen molar-refractivity contribution in [2.75, 3.05) is 18.1 Å². The van der Waals surface area contributed by atoms with E-state index in [-0.39, 0.29) is 6.10 Å². The first-order chi connectivity index (χ1) is 10.4. The minimum absolute atomic E-state index is 0.0477. The van der Waals surface area contributed by atoms with Crippen LogP contribution in [0.4, 0.5) is 18.9 Å². The van der Waals surface area contributed by atoms with Crippen LogP contribution in [0.1, 0.15) is 5.56 Å². The van der Waals surface area contributed by atoms with Gasteiger partial charge in [0.15, 0.2) is 0 Å². The summed E-state index contributed by atoms with van der Waals surface area (Å²) in [7, 11) is 0. The van der Waals surface area contributed by atoms with Crippen molar-refractivity contribution in [2.24, 2.45) is 0 Å². The molecule has 1 fully saturated rings. The SMILES string of the molecule is C=CC1=C(C=C)N(CC2CO2)c2cc(C(F)(F)F)ccc2S1. The zero-order chi connectivity index (χ0) is 15.9. The van der Waals surface area contributed by atoms with Gasteiger partial charge in [0.1, 0.15) is 0 Å². The summed E-state index contributed by atoms with van der Waals surface area (Å²) < 4.78 is 44.2. The lowest BCUT2D eigenvalue weighted by atomic mass is 10.1. The molecule has 0 amide bonds. The number of hydrogen-bond acceptors (Lipinski definition) is 3. The predicted molar refractivity (Wildman–Crippen MR) is 81.8 cm³/mol. The average molecular weight is 325 g/mol. The molecule has 6 heteroatoms. The molecule has 0 bridgehead atoms. The first-order valence-electron chi connectivity index (χ1n) is 6.71. The highest BCUT2D eigenvalue weighted by molar-refractivity contribution is 8.03. The Kier molecular flexibility index (Phi) is 3.82. The van der Waals surface area contributed by atoms with Gasteiger partial charge in [0.25, 0.3) is 0 Å². The molecule has 1 unspecified atom stereocenters. The van der Waals surface area contributed by atoms with Crippen molar-refractivity contribution in [3.63, 3.8) is 0 Å². The molecule has 0 N–H and O–H groups in total. The Morgan fingerprint density at radius 1 is 1.32 bits per heavy atom. The summed E-state index contributed by atoms with van der Waals surface area (Å²) in [4.78, 5) is 3.49. The largest absolute Gasteiger partial charge is 0.416 e. The van der Waals surface area contributed by atoms with E-state index in [0.29, 0.717) is 18.8 Å². The standard InChI is InChI=1S/C16H14F3NOS/c1-3-12-14(4-2)22-15-6-5-10(16(17,18)19)7-13(15)20(12)8-11-9-21-11/h3-7,11H,1-2,8-9H2. The first kappa shape index (κ1) is 15.2. The number of rotatable bonds is 4. The molecule has 2 aliphatic heterocycles. The number of fused-ring (bicyclic) bond motifs is 1. The van der Waals surface area contributed by atoms with Gasteiger partial charge in [0.2, 0.25) is 0 Å². The molecule has 2 nitrogen and oxygen atoms in total. The van der Waals surface area contributed by atoms with Crippen LogP contribution in [-0.4, -0.2) is 19.3 Å². The van der Waals surface area contributed by atoms with Crippen LogP contribution >= 0.6 is 11.8 Å². The Bertz CT molecular complexity index is 662. The van der Waals surface area contributed by atoms with Gasteiger partial charge < -0.3 is 9.64 Å². The molecule has 22 heavy (non-hydrogen) atoms. The summed E-state index contributed by atoms with van der Waals surface area (Å²) >= 11 is 1.40. The second kappa shape index (κ2) is 5.52. The quantitative estimate of drug-likeness (QED) is 0.753. The maximum absolute atomic E-state index is 13.0. The molecule has 0 spiro atoms. The minimum Gasteiger partial charge on any atom is -0.371 e. The van der Waals surface area contributed by atoms with E-state index in [1.807, 2.05) is 4.90 Å². The van der Waals surface area contributed by atoms with Crippen molar-refractivity contribution in [3.05, 3.63) is 59.7 Å². The van der Waals surface area contributed by atoms with Gasteiger partial charge in [-0.25, -0.2) is 0 Å². The van der Waals surface area contributed by atoms with Crippen molar-refractivity contribution in [3.8, 4) is 0 Å². The van der Waals surface area contributed by atoms with E-state index in [1.54, 1.807) is 12.2 Å². The summed E-state index contributed by atoms with van der Waals surface area (Å²) in [5.74, 6) is 0. The predicted octanol–water partition coefficient (Wildman–Crippen LogP) is 4.60. The summed E-state index contributed by atoms with van der Waals surface area (Å²) in [5.41, 5.74) is 0.650. The molecule has 2 aliphatic rings. The van der Waals surface area contributed by atoms with E-state index in [0.717, 1.165) is 21.6 Å². The van der Waals surface area contributed by atoms with Crippen LogP contribution in [0.25, 0.3) is 0 Å². The Balaban J connectivity index is 2.09. The molecule has 1 atom stereocenters. The highest BCUT2D eigenvalue weighted by Gasteiger charge is 2.35. The average Bonchev–Trinajstić information content (AvgIpc) is 3.29. The molecule has 0 saturated carbocycles. The fourth-order valence-electron chi connectivity index (χ4n) is 2.36. The maximum atomic E-state index is 13.0. The van der Waals surface area contributed by atoms with Gasteiger partial charge in [-0.05, 0) is 24.3 Å². The van der Waals surface area contributed by atoms with Crippen molar-refractivity contribution in [1.82, 2.24) is 0 Å². The number of halogens is 3. The summed E-state index contributed by atoms with van der Waals surface area (Å²) in [6.45, 7) is 8.70. The lowest BCUT2D eigenvalue weighted by molar-refractivity contribution is -0.137. The zero-order valence-electron chi connectivity index (χ0n) is 11.7. The third-order valence-electron chi connectivity index (χ3n) is 3.51. The number of thioether (sulfide) groups is 1. The van der Waals surface area contributed by atoms with Crippen molar-refractivity contribution in [2.45, 2.75) is 17.2 Å². The normalized spacial score (nSPS) is 20.7. The molecular weight excluding hydrogens is 311 g/mol. The van der Waals surface area contributed by atoms with Crippen LogP contribution in [0.5, 0.6) is 0 Å². The highest BCUT2D eigenvalue weighted by Crippen LogP contribution is 2.46. The van der Waals surface area contributed by atoms with E-state index < -0.39 is 11.7 Å². The van der Waals surface area contributed by atoms with E-state index >= 15 is 0 Å². The number of ether oxygens (including phenoxy) is 1. The Morgan fingerprint density at radius 2 is 2.05 bits per heavy atom.